The van der Waals surface area contributed by atoms with E-state index in [9.17, 15) is 13.2 Å². The predicted octanol–water partition coefficient (Wildman–Crippen LogP) is 5.92. The van der Waals surface area contributed by atoms with E-state index in [4.69, 9.17) is 4.74 Å². The first-order valence-electron chi connectivity index (χ1n) is 12.0. The maximum Gasteiger partial charge on any atom is 0.262 e. The predicted molar refractivity (Wildman–Crippen MR) is 138 cm³/mol. The Hall–Kier alpha value is -3.32. The molecule has 1 aliphatic rings. The third-order valence-corrected chi connectivity index (χ3v) is 8.43. The van der Waals surface area contributed by atoms with Crippen molar-refractivity contribution in [1.82, 2.24) is 5.32 Å². The molecule has 0 radical (unpaired) electrons. The summed E-state index contributed by atoms with van der Waals surface area (Å²) >= 11 is 0. The Morgan fingerprint density at radius 1 is 0.971 bits per heavy atom. The van der Waals surface area contributed by atoms with Crippen molar-refractivity contribution in [3.63, 3.8) is 0 Å². The van der Waals surface area contributed by atoms with E-state index in [2.05, 4.69) is 23.9 Å². The lowest BCUT2D eigenvalue weighted by molar-refractivity contribution is 0.0227. The second-order valence-corrected chi connectivity index (χ2v) is 10.8. The molecule has 0 saturated heterocycles. The Kier molecular flexibility index (Phi) is 6.90. The van der Waals surface area contributed by atoms with Crippen LogP contribution in [0.15, 0.2) is 71.6 Å². The highest BCUT2D eigenvalue weighted by Gasteiger charge is 2.39. The zero-order valence-corrected chi connectivity index (χ0v) is 21.4. The molecule has 3 aromatic carbocycles. The van der Waals surface area contributed by atoms with Gasteiger partial charge < -0.3 is 10.1 Å². The van der Waals surface area contributed by atoms with Crippen molar-refractivity contribution in [2.24, 2.45) is 0 Å². The van der Waals surface area contributed by atoms with Crippen molar-refractivity contribution >= 4 is 21.6 Å². The van der Waals surface area contributed by atoms with Crippen LogP contribution in [0.5, 0.6) is 5.75 Å². The van der Waals surface area contributed by atoms with Crippen LogP contribution in [0.4, 0.5) is 5.69 Å². The van der Waals surface area contributed by atoms with Gasteiger partial charge in [0.05, 0.1) is 16.6 Å². The quantitative estimate of drug-likeness (QED) is 0.429. The molecule has 4 rings (SSSR count). The first-order valence-corrected chi connectivity index (χ1v) is 13.4. The molecule has 1 amide bonds. The van der Waals surface area contributed by atoms with Gasteiger partial charge in [0, 0.05) is 17.5 Å². The van der Waals surface area contributed by atoms with Gasteiger partial charge in [-0.05, 0) is 62.1 Å². The molecule has 0 saturated carbocycles. The van der Waals surface area contributed by atoms with Crippen molar-refractivity contribution in [3.8, 4) is 5.75 Å². The normalized spacial score (nSPS) is 16.6. The number of sulfonamides is 1. The standard InChI is InChI=1S/C28H32N2O4S/c1-5-28(6-2)18-24(22-12-8-10-14-25(22)34-28)29-27(31)21-16-15-20(4)26(17-21)35(32,33)30-23-13-9-7-11-19(23)3/h7-17,24,30H,5-6,18H2,1-4H3,(H,29,31)/t24-/m0/s1. The van der Waals surface area contributed by atoms with Crippen molar-refractivity contribution in [2.45, 2.75) is 63.5 Å². The van der Waals surface area contributed by atoms with Crippen LogP contribution in [0.3, 0.4) is 0 Å². The molecule has 1 aliphatic heterocycles. The van der Waals surface area contributed by atoms with Crippen LogP contribution in [-0.4, -0.2) is 19.9 Å². The number of anilines is 1. The molecule has 2 N–H and O–H groups in total. The summed E-state index contributed by atoms with van der Waals surface area (Å²) in [4.78, 5) is 13.4. The van der Waals surface area contributed by atoms with Gasteiger partial charge in [-0.1, -0.05) is 56.3 Å². The fourth-order valence-electron chi connectivity index (χ4n) is 4.59. The van der Waals surface area contributed by atoms with Crippen LogP contribution < -0.4 is 14.8 Å². The van der Waals surface area contributed by atoms with Gasteiger partial charge in [-0.3, -0.25) is 9.52 Å². The van der Waals surface area contributed by atoms with Crippen LogP contribution >= 0.6 is 0 Å². The van der Waals surface area contributed by atoms with E-state index in [1.54, 1.807) is 31.2 Å². The molecule has 0 aliphatic carbocycles. The van der Waals surface area contributed by atoms with Crippen molar-refractivity contribution in [3.05, 3.63) is 89.0 Å². The SMILES string of the molecule is CCC1(CC)C[C@H](NC(=O)c2ccc(C)c(S(=O)(=O)Nc3ccccc3C)c2)c2ccccc2O1. The molecule has 35 heavy (non-hydrogen) atoms. The minimum absolute atomic E-state index is 0.0808. The number of fused-ring (bicyclic) bond motifs is 1. The Morgan fingerprint density at radius 2 is 1.66 bits per heavy atom. The highest BCUT2D eigenvalue weighted by Crippen LogP contribution is 2.42. The molecule has 0 unspecified atom stereocenters. The lowest BCUT2D eigenvalue weighted by Crippen LogP contribution is -2.44. The van der Waals surface area contributed by atoms with Crippen LogP contribution in [0.2, 0.25) is 0 Å². The molecular formula is C28H32N2O4S. The van der Waals surface area contributed by atoms with E-state index >= 15 is 0 Å². The molecule has 1 heterocycles. The summed E-state index contributed by atoms with van der Waals surface area (Å²) in [6.07, 6.45) is 2.29. The van der Waals surface area contributed by atoms with Gasteiger partial charge in [0.15, 0.2) is 0 Å². The smallest absolute Gasteiger partial charge is 0.262 e. The number of para-hydroxylation sites is 2. The van der Waals surface area contributed by atoms with Gasteiger partial charge in [0.1, 0.15) is 11.4 Å². The molecule has 6 nitrogen and oxygen atoms in total. The maximum atomic E-state index is 13.3. The van der Waals surface area contributed by atoms with Gasteiger partial charge in [-0.15, -0.1) is 0 Å². The number of hydrogen-bond donors (Lipinski definition) is 2. The van der Waals surface area contributed by atoms with Gasteiger partial charge in [0.25, 0.3) is 15.9 Å². The summed E-state index contributed by atoms with van der Waals surface area (Å²) in [5.74, 6) is 0.461. The van der Waals surface area contributed by atoms with Crippen LogP contribution in [0.25, 0.3) is 0 Å². The van der Waals surface area contributed by atoms with Crippen LogP contribution in [0.1, 0.15) is 66.2 Å². The maximum absolute atomic E-state index is 13.3. The molecule has 0 bridgehead atoms. The van der Waals surface area contributed by atoms with Gasteiger partial charge in [-0.25, -0.2) is 8.42 Å². The van der Waals surface area contributed by atoms with Crippen molar-refractivity contribution in [1.29, 1.82) is 0 Å². The number of ether oxygens (including phenoxy) is 1. The Bertz CT molecular complexity index is 1350. The van der Waals surface area contributed by atoms with Crippen molar-refractivity contribution < 1.29 is 17.9 Å². The number of nitrogens with one attached hydrogen (secondary N) is 2. The molecule has 0 spiro atoms. The summed E-state index contributed by atoms with van der Waals surface area (Å²) in [6, 6.07) is 19.5. The van der Waals surface area contributed by atoms with Gasteiger partial charge in [0.2, 0.25) is 0 Å². The zero-order valence-electron chi connectivity index (χ0n) is 20.6. The number of aryl methyl sites for hydroxylation is 2. The lowest BCUT2D eigenvalue weighted by Gasteiger charge is -2.41. The summed E-state index contributed by atoms with van der Waals surface area (Å²) in [6.45, 7) is 7.75. The topological polar surface area (TPSA) is 84.5 Å². The average Bonchev–Trinajstić information content (AvgIpc) is 2.85. The van der Waals surface area contributed by atoms with Gasteiger partial charge in [-0.2, -0.15) is 0 Å². The van der Waals surface area contributed by atoms with E-state index in [-0.39, 0.29) is 22.4 Å². The van der Waals surface area contributed by atoms with E-state index in [1.165, 1.54) is 6.07 Å². The van der Waals surface area contributed by atoms with Gasteiger partial charge >= 0.3 is 0 Å². The molecular weight excluding hydrogens is 460 g/mol. The Morgan fingerprint density at radius 3 is 2.37 bits per heavy atom. The first kappa shape index (κ1) is 24.8. The monoisotopic (exact) mass is 492 g/mol. The Labute approximate surface area is 207 Å². The van der Waals surface area contributed by atoms with Crippen LogP contribution in [0, 0.1) is 13.8 Å². The fourth-order valence-corrected chi connectivity index (χ4v) is 5.99. The molecule has 0 fully saturated rings. The average molecular weight is 493 g/mol. The number of hydrogen-bond acceptors (Lipinski definition) is 4. The fraction of sp³-hybridized carbons (Fsp3) is 0.321. The van der Waals surface area contributed by atoms with E-state index in [0.29, 0.717) is 23.2 Å². The van der Waals surface area contributed by atoms with Crippen molar-refractivity contribution in [2.75, 3.05) is 4.72 Å². The highest BCUT2D eigenvalue weighted by atomic mass is 32.2. The second kappa shape index (κ2) is 9.74. The summed E-state index contributed by atoms with van der Waals surface area (Å²) < 4.78 is 35.4. The van der Waals surface area contributed by atoms with Crippen LogP contribution in [-0.2, 0) is 10.0 Å². The van der Waals surface area contributed by atoms with E-state index in [0.717, 1.165) is 29.7 Å². The molecule has 7 heteroatoms. The lowest BCUT2D eigenvalue weighted by atomic mass is 9.83. The molecule has 3 aromatic rings. The number of amides is 1. The highest BCUT2D eigenvalue weighted by molar-refractivity contribution is 7.92. The zero-order chi connectivity index (χ0) is 25.2. The number of benzene rings is 3. The van der Waals surface area contributed by atoms with E-state index in [1.807, 2.05) is 43.3 Å². The summed E-state index contributed by atoms with van der Waals surface area (Å²) in [5, 5.41) is 3.14. The molecule has 1 atom stereocenters. The van der Waals surface area contributed by atoms with E-state index < -0.39 is 10.0 Å². The summed E-state index contributed by atoms with van der Waals surface area (Å²) in [7, 11) is -3.88. The third-order valence-electron chi connectivity index (χ3n) is 6.92. The summed E-state index contributed by atoms with van der Waals surface area (Å²) in [5.41, 5.74) is 2.76. The second-order valence-electron chi connectivity index (χ2n) is 9.16. The first-order chi connectivity index (χ1) is 16.7. The Balaban J connectivity index is 1.63. The minimum Gasteiger partial charge on any atom is -0.487 e. The third kappa shape index (κ3) is 5.05. The number of carbonyl (C=O) groups excluding carboxylic acids is 1. The molecule has 184 valence electrons. The number of carbonyl (C=O) groups is 1. The largest absolute Gasteiger partial charge is 0.487 e. The minimum atomic E-state index is -3.88. The number of rotatable bonds is 7. The molecule has 0 aromatic heterocycles.